The molecule has 1 rings (SSSR count). The van der Waals surface area contributed by atoms with E-state index in [9.17, 15) is 0 Å². The highest BCUT2D eigenvalue weighted by Gasteiger charge is 2.05. The molecule has 0 saturated heterocycles. The largest absolute Gasteiger partial charge is 0.396 e. The van der Waals surface area contributed by atoms with Crippen molar-refractivity contribution in [2.45, 2.75) is 18.9 Å². The van der Waals surface area contributed by atoms with Gasteiger partial charge in [-0.15, -0.1) is 0 Å². The van der Waals surface area contributed by atoms with Gasteiger partial charge in [0.25, 0.3) is 0 Å². The molecule has 0 radical (unpaired) electrons. The minimum Gasteiger partial charge on any atom is -0.396 e. The lowest BCUT2D eigenvalue weighted by Crippen LogP contribution is -2.28. The van der Waals surface area contributed by atoms with E-state index in [1.807, 2.05) is 7.05 Å². The zero-order valence-electron chi connectivity index (χ0n) is 7.29. The Morgan fingerprint density at radius 1 is 1.67 bits per heavy atom. The van der Waals surface area contributed by atoms with Gasteiger partial charge in [-0.3, -0.25) is 0 Å². The molecular formula is C9H15NOS. The van der Waals surface area contributed by atoms with Crippen LogP contribution < -0.4 is 5.32 Å². The SMILES string of the molecule is CNC(CCO)Cc1ccsc1. The zero-order chi connectivity index (χ0) is 8.81. The topological polar surface area (TPSA) is 32.3 Å². The maximum atomic E-state index is 8.76. The first kappa shape index (κ1) is 9.71. The Hall–Kier alpha value is -0.380. The second-order valence-electron chi connectivity index (χ2n) is 2.83. The third-order valence-electron chi connectivity index (χ3n) is 1.95. The molecule has 2 N–H and O–H groups in total. The Balaban J connectivity index is 2.37. The number of nitrogens with one attached hydrogen (secondary N) is 1. The van der Waals surface area contributed by atoms with E-state index in [0.717, 1.165) is 12.8 Å². The zero-order valence-corrected chi connectivity index (χ0v) is 8.10. The Bertz CT molecular complexity index is 198. The normalized spacial score (nSPS) is 13.2. The number of thiophene rings is 1. The van der Waals surface area contributed by atoms with Gasteiger partial charge in [-0.2, -0.15) is 11.3 Å². The van der Waals surface area contributed by atoms with Crippen LogP contribution in [0.15, 0.2) is 16.8 Å². The number of rotatable bonds is 5. The molecule has 0 aliphatic rings. The van der Waals surface area contributed by atoms with Crippen molar-refractivity contribution in [2.75, 3.05) is 13.7 Å². The van der Waals surface area contributed by atoms with Gasteiger partial charge < -0.3 is 10.4 Å². The Kier molecular flexibility index (Phi) is 4.29. The molecule has 0 fully saturated rings. The van der Waals surface area contributed by atoms with Crippen molar-refractivity contribution < 1.29 is 5.11 Å². The number of aliphatic hydroxyl groups excluding tert-OH is 1. The van der Waals surface area contributed by atoms with Gasteiger partial charge in [0.1, 0.15) is 0 Å². The quantitative estimate of drug-likeness (QED) is 0.724. The number of aliphatic hydroxyl groups is 1. The summed E-state index contributed by atoms with van der Waals surface area (Å²) in [4.78, 5) is 0. The molecule has 12 heavy (non-hydrogen) atoms. The van der Waals surface area contributed by atoms with Crippen molar-refractivity contribution in [3.8, 4) is 0 Å². The molecular weight excluding hydrogens is 170 g/mol. The van der Waals surface area contributed by atoms with Gasteiger partial charge in [-0.05, 0) is 42.3 Å². The van der Waals surface area contributed by atoms with Crippen LogP contribution in [0.25, 0.3) is 0 Å². The molecule has 1 atom stereocenters. The summed E-state index contributed by atoms with van der Waals surface area (Å²) in [5.41, 5.74) is 1.35. The van der Waals surface area contributed by atoms with Crippen molar-refractivity contribution in [3.63, 3.8) is 0 Å². The van der Waals surface area contributed by atoms with E-state index >= 15 is 0 Å². The lowest BCUT2D eigenvalue weighted by Gasteiger charge is -2.13. The summed E-state index contributed by atoms with van der Waals surface area (Å²) in [7, 11) is 1.94. The van der Waals surface area contributed by atoms with Crippen LogP contribution in [0.5, 0.6) is 0 Å². The van der Waals surface area contributed by atoms with Crippen LogP contribution in [-0.4, -0.2) is 24.8 Å². The van der Waals surface area contributed by atoms with Gasteiger partial charge in [-0.1, -0.05) is 0 Å². The first-order valence-corrected chi connectivity index (χ1v) is 5.10. The molecule has 1 unspecified atom stereocenters. The molecule has 1 heterocycles. The van der Waals surface area contributed by atoms with Gasteiger partial charge in [-0.25, -0.2) is 0 Å². The van der Waals surface area contributed by atoms with E-state index in [1.165, 1.54) is 5.56 Å². The van der Waals surface area contributed by atoms with Crippen molar-refractivity contribution in [2.24, 2.45) is 0 Å². The predicted octanol–water partition coefficient (Wildman–Crippen LogP) is 1.26. The summed E-state index contributed by atoms with van der Waals surface area (Å²) in [6.45, 7) is 0.260. The average molecular weight is 185 g/mol. The van der Waals surface area contributed by atoms with Crippen molar-refractivity contribution in [3.05, 3.63) is 22.4 Å². The number of likely N-dealkylation sites (N-methyl/N-ethyl adjacent to an activating group) is 1. The van der Waals surface area contributed by atoms with E-state index in [-0.39, 0.29) is 6.61 Å². The Labute approximate surface area is 77.2 Å². The first-order valence-electron chi connectivity index (χ1n) is 4.16. The monoisotopic (exact) mass is 185 g/mol. The molecule has 3 heteroatoms. The van der Waals surface area contributed by atoms with Gasteiger partial charge in [0.05, 0.1) is 0 Å². The van der Waals surface area contributed by atoms with Gasteiger partial charge in [0.2, 0.25) is 0 Å². The molecule has 0 aliphatic carbocycles. The van der Waals surface area contributed by atoms with Crippen LogP contribution in [0.2, 0.25) is 0 Å². The number of hydrogen-bond donors (Lipinski definition) is 2. The van der Waals surface area contributed by atoms with Crippen LogP contribution >= 0.6 is 11.3 Å². The van der Waals surface area contributed by atoms with E-state index in [1.54, 1.807) is 11.3 Å². The molecule has 0 amide bonds. The summed E-state index contributed by atoms with van der Waals surface area (Å²) in [6.07, 6.45) is 1.84. The molecule has 0 spiro atoms. The predicted molar refractivity (Wildman–Crippen MR) is 52.6 cm³/mol. The van der Waals surface area contributed by atoms with E-state index in [4.69, 9.17) is 5.11 Å². The maximum Gasteiger partial charge on any atom is 0.0445 e. The summed E-state index contributed by atoms with van der Waals surface area (Å²) < 4.78 is 0. The maximum absolute atomic E-state index is 8.76. The van der Waals surface area contributed by atoms with Crippen molar-refractivity contribution >= 4 is 11.3 Å². The van der Waals surface area contributed by atoms with Gasteiger partial charge >= 0.3 is 0 Å². The highest BCUT2D eigenvalue weighted by Crippen LogP contribution is 2.09. The number of hydrogen-bond acceptors (Lipinski definition) is 3. The lowest BCUT2D eigenvalue weighted by molar-refractivity contribution is 0.267. The summed E-state index contributed by atoms with van der Waals surface area (Å²) in [5.74, 6) is 0. The summed E-state index contributed by atoms with van der Waals surface area (Å²) in [6, 6.07) is 2.54. The molecule has 1 aromatic heterocycles. The summed E-state index contributed by atoms with van der Waals surface area (Å²) >= 11 is 1.72. The Morgan fingerprint density at radius 2 is 2.50 bits per heavy atom. The molecule has 1 aromatic rings. The van der Waals surface area contributed by atoms with Crippen molar-refractivity contribution in [1.82, 2.24) is 5.32 Å². The first-order chi connectivity index (χ1) is 5.86. The standard InChI is InChI=1S/C9H15NOS/c1-10-9(2-4-11)6-8-3-5-12-7-8/h3,5,7,9-11H,2,4,6H2,1H3. The highest BCUT2D eigenvalue weighted by molar-refractivity contribution is 7.07. The Morgan fingerprint density at radius 3 is 3.00 bits per heavy atom. The third kappa shape index (κ3) is 2.93. The van der Waals surface area contributed by atoms with Crippen LogP contribution in [0.4, 0.5) is 0 Å². The smallest absolute Gasteiger partial charge is 0.0445 e. The molecule has 2 nitrogen and oxygen atoms in total. The van der Waals surface area contributed by atoms with Crippen LogP contribution in [0.1, 0.15) is 12.0 Å². The van der Waals surface area contributed by atoms with Crippen LogP contribution in [0.3, 0.4) is 0 Å². The van der Waals surface area contributed by atoms with E-state index in [2.05, 4.69) is 22.1 Å². The average Bonchev–Trinajstić information content (AvgIpc) is 2.56. The molecule has 0 bridgehead atoms. The fourth-order valence-corrected chi connectivity index (χ4v) is 1.88. The third-order valence-corrected chi connectivity index (χ3v) is 2.68. The molecule has 0 saturated carbocycles. The van der Waals surface area contributed by atoms with Crippen molar-refractivity contribution in [1.29, 1.82) is 0 Å². The fraction of sp³-hybridized carbons (Fsp3) is 0.556. The van der Waals surface area contributed by atoms with Gasteiger partial charge in [0.15, 0.2) is 0 Å². The minimum atomic E-state index is 0.260. The van der Waals surface area contributed by atoms with Gasteiger partial charge in [0, 0.05) is 12.6 Å². The second kappa shape index (κ2) is 5.30. The molecule has 68 valence electrons. The fourth-order valence-electron chi connectivity index (χ4n) is 1.20. The van der Waals surface area contributed by atoms with E-state index < -0.39 is 0 Å². The molecule has 0 aliphatic heterocycles. The highest BCUT2D eigenvalue weighted by atomic mass is 32.1. The minimum absolute atomic E-state index is 0.260. The second-order valence-corrected chi connectivity index (χ2v) is 3.61. The van der Waals surface area contributed by atoms with Crippen LogP contribution in [-0.2, 0) is 6.42 Å². The summed E-state index contributed by atoms with van der Waals surface area (Å²) in [5, 5.41) is 16.2. The molecule has 0 aromatic carbocycles. The lowest BCUT2D eigenvalue weighted by atomic mass is 10.1. The van der Waals surface area contributed by atoms with E-state index in [0.29, 0.717) is 6.04 Å². The van der Waals surface area contributed by atoms with Crippen LogP contribution in [0, 0.1) is 0 Å².